The topological polar surface area (TPSA) is 79.2 Å². The van der Waals surface area contributed by atoms with Crippen molar-refractivity contribution in [1.82, 2.24) is 30.0 Å². The van der Waals surface area contributed by atoms with Crippen LogP contribution in [0.15, 0.2) is 67.1 Å². The highest BCUT2D eigenvalue weighted by molar-refractivity contribution is 7.19. The van der Waals surface area contributed by atoms with Crippen molar-refractivity contribution < 1.29 is 18.0 Å². The first-order valence-electron chi connectivity index (χ1n) is 12.3. The molecule has 200 valence electrons. The number of amides is 1. The molecule has 0 radical (unpaired) electrons. The minimum Gasteiger partial charge on any atom is -0.353 e. The van der Waals surface area contributed by atoms with Crippen molar-refractivity contribution in [2.24, 2.45) is 0 Å². The second-order valence-corrected chi connectivity index (χ2v) is 10.6. The Morgan fingerprint density at radius 2 is 1.90 bits per heavy atom. The van der Waals surface area contributed by atoms with E-state index in [0.717, 1.165) is 22.4 Å². The highest BCUT2D eigenvalue weighted by Gasteiger charge is 2.32. The first kappa shape index (κ1) is 25.3. The summed E-state index contributed by atoms with van der Waals surface area (Å²) in [7, 11) is 1.93. The molecule has 8 nitrogen and oxygen atoms in total. The average molecular weight is 552 g/mol. The van der Waals surface area contributed by atoms with Crippen LogP contribution in [-0.4, -0.2) is 63.3 Å². The van der Waals surface area contributed by atoms with E-state index < -0.39 is 11.7 Å². The number of piperazine rings is 1. The van der Waals surface area contributed by atoms with E-state index in [0.29, 0.717) is 48.7 Å². The molecule has 5 aromatic rings. The van der Waals surface area contributed by atoms with Gasteiger partial charge >= 0.3 is 6.18 Å². The van der Waals surface area contributed by atoms with Gasteiger partial charge in [0.1, 0.15) is 18.2 Å². The van der Waals surface area contributed by atoms with Gasteiger partial charge in [0.2, 0.25) is 5.91 Å². The second kappa shape index (κ2) is 9.93. The van der Waals surface area contributed by atoms with Gasteiger partial charge in [0.25, 0.3) is 0 Å². The third kappa shape index (κ3) is 5.04. The van der Waals surface area contributed by atoms with E-state index in [1.807, 2.05) is 29.0 Å². The number of fused-ring (bicyclic) bond motifs is 2. The zero-order chi connectivity index (χ0) is 27.1. The van der Waals surface area contributed by atoms with Gasteiger partial charge in [-0.15, -0.1) is 16.4 Å². The van der Waals surface area contributed by atoms with E-state index in [1.54, 1.807) is 17.5 Å². The fourth-order valence-corrected chi connectivity index (χ4v) is 5.78. The zero-order valence-corrected chi connectivity index (χ0v) is 21.7. The molecule has 1 aliphatic rings. The molecule has 4 heterocycles. The van der Waals surface area contributed by atoms with Gasteiger partial charge in [0, 0.05) is 35.4 Å². The summed E-state index contributed by atoms with van der Waals surface area (Å²) >= 11 is 1.67. The summed E-state index contributed by atoms with van der Waals surface area (Å²) < 4.78 is 41.6. The summed E-state index contributed by atoms with van der Waals surface area (Å²) in [6, 6.07) is 14.6. The van der Waals surface area contributed by atoms with Crippen LogP contribution in [0.4, 0.5) is 19.0 Å². The first-order valence-corrected chi connectivity index (χ1v) is 13.2. The summed E-state index contributed by atoms with van der Waals surface area (Å²) in [5.74, 6) is 0.568. The van der Waals surface area contributed by atoms with E-state index in [1.165, 1.54) is 27.8 Å². The molecule has 1 saturated heterocycles. The molecule has 1 unspecified atom stereocenters. The fraction of sp³-hybridized carbons (Fsp3) is 0.259. The standard InChI is InChI=1S/C27H24F3N7OS/c1-35-10-11-36(15-22(35)26(38)31-13-20-12-17-4-2-3-5-23(17)39-20)25-21-14-37(34-24(21)32-16-33-25)19-8-6-18(7-9-19)27(28,29)30/h2-9,12,14,16,22H,10-11,13,15H2,1H3,(H,31,38). The van der Waals surface area contributed by atoms with Crippen molar-refractivity contribution in [3.8, 4) is 5.69 Å². The van der Waals surface area contributed by atoms with Crippen LogP contribution in [0, 0.1) is 0 Å². The first-order chi connectivity index (χ1) is 18.8. The monoisotopic (exact) mass is 551 g/mol. The van der Waals surface area contributed by atoms with E-state index in [9.17, 15) is 18.0 Å². The summed E-state index contributed by atoms with van der Waals surface area (Å²) in [6.45, 7) is 2.18. The molecular weight excluding hydrogens is 527 g/mol. The Labute approximate surface area is 225 Å². The Kier molecular flexibility index (Phi) is 6.43. The molecule has 1 aliphatic heterocycles. The van der Waals surface area contributed by atoms with E-state index in [2.05, 4.69) is 38.6 Å². The number of nitrogens with one attached hydrogen (secondary N) is 1. The van der Waals surface area contributed by atoms with Crippen molar-refractivity contribution in [2.75, 3.05) is 31.6 Å². The predicted molar refractivity (Wildman–Crippen MR) is 144 cm³/mol. The molecule has 0 spiro atoms. The number of thiophene rings is 1. The quantitative estimate of drug-likeness (QED) is 0.347. The molecule has 6 rings (SSSR count). The van der Waals surface area contributed by atoms with Gasteiger partial charge in [0.15, 0.2) is 5.65 Å². The average Bonchev–Trinajstić information content (AvgIpc) is 3.56. The number of hydrogen-bond acceptors (Lipinski definition) is 7. The number of alkyl halides is 3. The van der Waals surface area contributed by atoms with Crippen molar-refractivity contribution >= 4 is 44.2 Å². The lowest BCUT2D eigenvalue weighted by atomic mass is 10.1. The van der Waals surface area contributed by atoms with Gasteiger partial charge in [-0.05, 0) is 48.8 Å². The highest BCUT2D eigenvalue weighted by Crippen LogP contribution is 2.31. The minimum atomic E-state index is -4.41. The van der Waals surface area contributed by atoms with Crippen molar-refractivity contribution in [3.63, 3.8) is 0 Å². The van der Waals surface area contributed by atoms with Gasteiger partial charge in [-0.3, -0.25) is 9.69 Å². The lowest BCUT2D eigenvalue weighted by molar-refractivity contribution is -0.137. The van der Waals surface area contributed by atoms with Crippen LogP contribution in [0.5, 0.6) is 0 Å². The Hall–Kier alpha value is -4.03. The molecule has 1 amide bonds. The van der Waals surface area contributed by atoms with Crippen LogP contribution < -0.4 is 10.2 Å². The Bertz CT molecular complexity index is 1610. The molecular formula is C27H24F3N7OS. The van der Waals surface area contributed by atoms with Gasteiger partial charge in [0.05, 0.1) is 23.2 Å². The van der Waals surface area contributed by atoms with E-state index in [4.69, 9.17) is 0 Å². The maximum absolute atomic E-state index is 13.2. The number of carbonyl (C=O) groups is 1. The van der Waals surface area contributed by atoms with Crippen LogP contribution in [-0.2, 0) is 17.5 Å². The third-order valence-electron chi connectivity index (χ3n) is 6.92. The van der Waals surface area contributed by atoms with Crippen LogP contribution in [0.2, 0.25) is 0 Å². The number of rotatable bonds is 5. The molecule has 0 saturated carbocycles. The number of hydrogen-bond donors (Lipinski definition) is 1. The minimum absolute atomic E-state index is 0.0644. The van der Waals surface area contributed by atoms with Gasteiger partial charge in [-0.25, -0.2) is 14.6 Å². The van der Waals surface area contributed by atoms with Crippen LogP contribution >= 0.6 is 11.3 Å². The third-order valence-corrected chi connectivity index (χ3v) is 8.03. The van der Waals surface area contributed by atoms with Crippen molar-refractivity contribution in [3.05, 3.63) is 77.6 Å². The molecule has 1 fully saturated rings. The molecule has 0 aliphatic carbocycles. The number of benzene rings is 2. The predicted octanol–water partition coefficient (Wildman–Crippen LogP) is 4.49. The number of halogens is 3. The van der Waals surface area contributed by atoms with Crippen molar-refractivity contribution in [1.29, 1.82) is 0 Å². The molecule has 12 heteroatoms. The number of carbonyl (C=O) groups excluding carboxylic acids is 1. The summed E-state index contributed by atoms with van der Waals surface area (Å²) in [6.07, 6.45) is -1.28. The molecule has 39 heavy (non-hydrogen) atoms. The zero-order valence-electron chi connectivity index (χ0n) is 20.9. The molecule has 3 aromatic heterocycles. The summed E-state index contributed by atoms with van der Waals surface area (Å²) in [5, 5.41) is 9.36. The number of aromatic nitrogens is 4. The lowest BCUT2D eigenvalue weighted by Crippen LogP contribution is -2.57. The van der Waals surface area contributed by atoms with Crippen LogP contribution in [0.25, 0.3) is 26.8 Å². The normalized spacial score (nSPS) is 16.7. The molecule has 1 N–H and O–H groups in total. The smallest absolute Gasteiger partial charge is 0.353 e. The fourth-order valence-electron chi connectivity index (χ4n) is 4.78. The van der Waals surface area contributed by atoms with Gasteiger partial charge in [-0.1, -0.05) is 18.2 Å². The van der Waals surface area contributed by atoms with E-state index >= 15 is 0 Å². The summed E-state index contributed by atoms with van der Waals surface area (Å²) in [4.78, 5) is 27.1. The Morgan fingerprint density at radius 1 is 1.10 bits per heavy atom. The van der Waals surface area contributed by atoms with Crippen LogP contribution in [0.1, 0.15) is 10.4 Å². The molecule has 2 aromatic carbocycles. The van der Waals surface area contributed by atoms with Gasteiger partial charge < -0.3 is 10.2 Å². The second-order valence-electron chi connectivity index (χ2n) is 9.46. The molecule has 1 atom stereocenters. The number of nitrogens with zero attached hydrogens (tertiary/aromatic N) is 6. The maximum Gasteiger partial charge on any atom is 0.416 e. The lowest BCUT2D eigenvalue weighted by Gasteiger charge is -2.39. The van der Waals surface area contributed by atoms with Crippen LogP contribution in [0.3, 0.4) is 0 Å². The number of anilines is 1. The van der Waals surface area contributed by atoms with E-state index in [-0.39, 0.29) is 11.9 Å². The number of likely N-dealkylation sites (N-methyl/N-ethyl adjacent to an activating group) is 1. The SMILES string of the molecule is CN1CCN(c2ncnc3nn(-c4ccc(C(F)(F)F)cc4)cc23)CC1C(=O)NCc1cc2ccccc2s1. The largest absolute Gasteiger partial charge is 0.416 e. The van der Waals surface area contributed by atoms with Gasteiger partial charge in [-0.2, -0.15) is 13.2 Å². The van der Waals surface area contributed by atoms with Crippen molar-refractivity contribution in [2.45, 2.75) is 18.8 Å². The highest BCUT2D eigenvalue weighted by atomic mass is 32.1. The Balaban J connectivity index is 1.20. The Morgan fingerprint density at radius 3 is 2.67 bits per heavy atom. The molecule has 0 bridgehead atoms. The summed E-state index contributed by atoms with van der Waals surface area (Å²) in [5.41, 5.74) is 0.172. The maximum atomic E-state index is 13.2.